The Bertz CT molecular complexity index is 1220. The van der Waals surface area contributed by atoms with E-state index >= 15 is 0 Å². The van der Waals surface area contributed by atoms with Crippen molar-refractivity contribution >= 4 is 29.1 Å². The monoisotopic (exact) mass is 411 g/mol. The summed E-state index contributed by atoms with van der Waals surface area (Å²) in [6.45, 7) is 0. The number of anilines is 2. The first-order valence-corrected chi connectivity index (χ1v) is 10.3. The molecule has 6 heteroatoms. The number of amides is 3. The first kappa shape index (κ1) is 19.1. The summed E-state index contributed by atoms with van der Waals surface area (Å²) in [6.07, 6.45) is 1.18. The van der Waals surface area contributed by atoms with Crippen LogP contribution in [0.3, 0.4) is 0 Å². The summed E-state index contributed by atoms with van der Waals surface area (Å²) in [6, 6.07) is 20.3. The van der Waals surface area contributed by atoms with Gasteiger partial charge >= 0.3 is 0 Å². The minimum atomic E-state index is -0.764. The molecule has 0 unspecified atom stereocenters. The molecule has 6 nitrogen and oxygen atoms in total. The van der Waals surface area contributed by atoms with Gasteiger partial charge in [0.2, 0.25) is 11.8 Å². The van der Waals surface area contributed by atoms with E-state index in [0.29, 0.717) is 11.3 Å². The molecule has 154 valence electrons. The molecule has 0 saturated heterocycles. The van der Waals surface area contributed by atoms with Gasteiger partial charge in [-0.3, -0.25) is 14.4 Å². The Labute approximate surface area is 179 Å². The molecule has 0 fully saturated rings. The highest BCUT2D eigenvalue weighted by Gasteiger charge is 2.28. The van der Waals surface area contributed by atoms with E-state index in [-0.39, 0.29) is 30.6 Å². The molecule has 0 aromatic heterocycles. The van der Waals surface area contributed by atoms with Gasteiger partial charge < -0.3 is 16.0 Å². The fourth-order valence-corrected chi connectivity index (χ4v) is 4.24. The first-order chi connectivity index (χ1) is 15.1. The maximum absolute atomic E-state index is 12.5. The summed E-state index contributed by atoms with van der Waals surface area (Å²) in [5.41, 5.74) is 6.55. The van der Waals surface area contributed by atoms with Crippen LogP contribution in [0.25, 0.3) is 11.1 Å². The molecule has 1 aliphatic carbocycles. The molecule has 0 spiro atoms. The summed E-state index contributed by atoms with van der Waals surface area (Å²) in [7, 11) is 0. The van der Waals surface area contributed by atoms with Gasteiger partial charge in [0.05, 0.1) is 11.3 Å². The predicted molar refractivity (Wildman–Crippen MR) is 119 cm³/mol. The summed E-state index contributed by atoms with van der Waals surface area (Å²) in [5.74, 6) is -0.835. The van der Waals surface area contributed by atoms with Crippen LogP contribution in [0.1, 0.15) is 34.3 Å². The lowest BCUT2D eigenvalue weighted by molar-refractivity contribution is -0.118. The minimum Gasteiger partial charge on any atom is -0.340 e. The Kier molecular flexibility index (Phi) is 4.75. The highest BCUT2D eigenvalue weighted by Crippen LogP contribution is 2.37. The van der Waals surface area contributed by atoms with Crippen LogP contribution in [-0.2, 0) is 16.0 Å². The van der Waals surface area contributed by atoms with Crippen molar-refractivity contribution in [3.05, 3.63) is 83.4 Å². The highest BCUT2D eigenvalue weighted by molar-refractivity contribution is 6.10. The molecule has 3 N–H and O–H groups in total. The first-order valence-electron chi connectivity index (χ1n) is 10.3. The maximum atomic E-state index is 12.5. The zero-order valence-electron chi connectivity index (χ0n) is 16.8. The Morgan fingerprint density at radius 1 is 0.903 bits per heavy atom. The number of fused-ring (bicyclic) bond motifs is 4. The molecule has 31 heavy (non-hydrogen) atoms. The number of rotatable bonds is 4. The second-order valence-corrected chi connectivity index (χ2v) is 7.85. The van der Waals surface area contributed by atoms with Gasteiger partial charge in [-0.2, -0.15) is 0 Å². The minimum absolute atomic E-state index is 0.117. The van der Waals surface area contributed by atoms with Crippen molar-refractivity contribution < 1.29 is 14.4 Å². The van der Waals surface area contributed by atoms with E-state index in [0.717, 1.165) is 12.1 Å². The van der Waals surface area contributed by atoms with Crippen molar-refractivity contribution in [2.24, 2.45) is 0 Å². The molecule has 1 heterocycles. The van der Waals surface area contributed by atoms with Crippen molar-refractivity contribution in [2.75, 3.05) is 10.6 Å². The number of hydrogen-bond acceptors (Lipinski definition) is 3. The van der Waals surface area contributed by atoms with Crippen molar-refractivity contribution in [3.8, 4) is 11.1 Å². The highest BCUT2D eigenvalue weighted by atomic mass is 16.2. The second-order valence-electron chi connectivity index (χ2n) is 7.85. The molecule has 0 bridgehead atoms. The molecule has 1 atom stereocenters. The molecule has 2 aliphatic rings. The van der Waals surface area contributed by atoms with E-state index in [9.17, 15) is 14.4 Å². The Morgan fingerprint density at radius 2 is 1.65 bits per heavy atom. The standard InChI is InChI=1S/C25H21N3O3/c29-23(12-11-22-25(31)27-21-8-4-3-7-20(21)24(30)28-22)26-17-9-10-19-16(14-17)13-15-5-1-2-6-18(15)19/h1-10,14,22H,11-13H2,(H,26,29)(H,27,31)(H,28,30)/t22-/m1/s1. The number of nitrogens with one attached hydrogen (secondary N) is 3. The van der Waals surface area contributed by atoms with Crippen LogP contribution >= 0.6 is 0 Å². The van der Waals surface area contributed by atoms with Crippen LogP contribution in [0.5, 0.6) is 0 Å². The van der Waals surface area contributed by atoms with Crippen LogP contribution in [0.15, 0.2) is 66.7 Å². The number of hydrogen-bond donors (Lipinski definition) is 3. The third-order valence-corrected chi connectivity index (χ3v) is 5.79. The van der Waals surface area contributed by atoms with Gasteiger partial charge in [0, 0.05) is 12.1 Å². The van der Waals surface area contributed by atoms with Gasteiger partial charge in [-0.1, -0.05) is 42.5 Å². The van der Waals surface area contributed by atoms with Crippen LogP contribution in [0.4, 0.5) is 11.4 Å². The summed E-state index contributed by atoms with van der Waals surface area (Å²) in [5, 5.41) is 8.39. The number of benzene rings is 3. The average molecular weight is 411 g/mol. The van der Waals surface area contributed by atoms with Crippen LogP contribution < -0.4 is 16.0 Å². The second kappa shape index (κ2) is 7.72. The molecule has 1 aliphatic heterocycles. The number of carbonyl (C=O) groups excluding carboxylic acids is 3. The quantitative estimate of drug-likeness (QED) is 0.478. The molecular weight excluding hydrogens is 390 g/mol. The lowest BCUT2D eigenvalue weighted by atomic mass is 10.1. The summed E-state index contributed by atoms with van der Waals surface area (Å²) in [4.78, 5) is 37.4. The lowest BCUT2D eigenvalue weighted by Gasteiger charge is -2.14. The van der Waals surface area contributed by atoms with Gasteiger partial charge in [-0.25, -0.2) is 0 Å². The zero-order chi connectivity index (χ0) is 21.4. The van der Waals surface area contributed by atoms with E-state index in [1.165, 1.54) is 22.3 Å². The largest absolute Gasteiger partial charge is 0.340 e. The fraction of sp³-hybridized carbons (Fsp3) is 0.160. The van der Waals surface area contributed by atoms with Crippen LogP contribution in [-0.4, -0.2) is 23.8 Å². The number of carbonyl (C=O) groups is 3. The van der Waals surface area contributed by atoms with E-state index in [2.05, 4.69) is 28.1 Å². The van der Waals surface area contributed by atoms with Gasteiger partial charge in [0.25, 0.3) is 5.91 Å². The normalized spacial score (nSPS) is 16.3. The fourth-order valence-electron chi connectivity index (χ4n) is 4.24. The Morgan fingerprint density at radius 3 is 2.52 bits per heavy atom. The van der Waals surface area contributed by atoms with E-state index in [4.69, 9.17) is 0 Å². The van der Waals surface area contributed by atoms with Crippen molar-refractivity contribution in [1.29, 1.82) is 0 Å². The van der Waals surface area contributed by atoms with Gasteiger partial charge in [-0.05, 0) is 59.4 Å². The molecular formula is C25H21N3O3. The van der Waals surface area contributed by atoms with Crippen molar-refractivity contribution in [2.45, 2.75) is 25.3 Å². The van der Waals surface area contributed by atoms with Crippen LogP contribution in [0.2, 0.25) is 0 Å². The Hall–Kier alpha value is -3.93. The van der Waals surface area contributed by atoms with Gasteiger partial charge in [-0.15, -0.1) is 0 Å². The lowest BCUT2D eigenvalue weighted by Crippen LogP contribution is -2.41. The maximum Gasteiger partial charge on any atom is 0.254 e. The Balaban J connectivity index is 1.22. The molecule has 5 rings (SSSR count). The van der Waals surface area contributed by atoms with E-state index < -0.39 is 6.04 Å². The predicted octanol–water partition coefficient (Wildman–Crippen LogP) is 3.73. The molecule has 3 amide bonds. The number of para-hydroxylation sites is 1. The van der Waals surface area contributed by atoms with E-state index in [1.54, 1.807) is 24.3 Å². The van der Waals surface area contributed by atoms with Gasteiger partial charge in [0.1, 0.15) is 6.04 Å². The van der Waals surface area contributed by atoms with Crippen molar-refractivity contribution in [3.63, 3.8) is 0 Å². The SMILES string of the molecule is O=C(CC[C@H]1NC(=O)c2ccccc2NC1=O)Nc1ccc2c(c1)Cc1ccccc1-2. The zero-order valence-corrected chi connectivity index (χ0v) is 16.8. The third-order valence-electron chi connectivity index (χ3n) is 5.79. The summed E-state index contributed by atoms with van der Waals surface area (Å²) < 4.78 is 0. The third kappa shape index (κ3) is 3.68. The van der Waals surface area contributed by atoms with Gasteiger partial charge in [0.15, 0.2) is 0 Å². The van der Waals surface area contributed by atoms with Crippen LogP contribution in [0, 0.1) is 0 Å². The summed E-state index contributed by atoms with van der Waals surface area (Å²) >= 11 is 0. The topological polar surface area (TPSA) is 87.3 Å². The molecule has 0 radical (unpaired) electrons. The average Bonchev–Trinajstić information content (AvgIpc) is 3.08. The smallest absolute Gasteiger partial charge is 0.254 e. The van der Waals surface area contributed by atoms with Crippen molar-refractivity contribution in [1.82, 2.24) is 5.32 Å². The van der Waals surface area contributed by atoms with E-state index in [1.807, 2.05) is 30.3 Å². The molecule has 0 saturated carbocycles. The molecule has 3 aromatic carbocycles. The molecule has 3 aromatic rings.